The third kappa shape index (κ3) is 3.03. The summed E-state index contributed by atoms with van der Waals surface area (Å²) in [6, 6.07) is 4.54. The van der Waals surface area contributed by atoms with Gasteiger partial charge in [-0.05, 0) is 25.5 Å². The highest BCUT2D eigenvalue weighted by atomic mass is 19.1. The maximum absolute atomic E-state index is 13.4. The number of amides is 1. The monoisotopic (exact) mass is 237 g/mol. The molecular weight excluding hydrogens is 221 g/mol. The molecule has 1 atom stereocenters. The van der Waals surface area contributed by atoms with E-state index < -0.39 is 5.82 Å². The second kappa shape index (κ2) is 5.27. The van der Waals surface area contributed by atoms with Crippen molar-refractivity contribution in [1.82, 2.24) is 5.32 Å². The molecule has 1 aliphatic rings. The van der Waals surface area contributed by atoms with Crippen molar-refractivity contribution in [3.63, 3.8) is 0 Å². The molecule has 17 heavy (non-hydrogen) atoms. The zero-order valence-corrected chi connectivity index (χ0v) is 9.83. The minimum atomic E-state index is -0.476. The normalized spacial score (nSPS) is 19.3. The lowest BCUT2D eigenvalue weighted by molar-refractivity contribution is 0.0941. The quantitative estimate of drug-likeness (QED) is 0.872. The van der Waals surface area contributed by atoms with Gasteiger partial charge in [0.1, 0.15) is 5.82 Å². The van der Waals surface area contributed by atoms with Crippen LogP contribution in [0.3, 0.4) is 0 Å². The first-order valence-electron chi connectivity index (χ1n) is 5.79. The van der Waals surface area contributed by atoms with Crippen molar-refractivity contribution in [3.05, 3.63) is 35.1 Å². The maximum atomic E-state index is 13.4. The molecule has 1 aromatic carbocycles. The van der Waals surface area contributed by atoms with Gasteiger partial charge in [-0.1, -0.05) is 11.6 Å². The summed E-state index contributed by atoms with van der Waals surface area (Å²) in [6.07, 6.45) is 0.955. The summed E-state index contributed by atoms with van der Waals surface area (Å²) in [5.74, 6) is -0.472. The van der Waals surface area contributed by atoms with Gasteiger partial charge in [-0.2, -0.15) is 0 Å². The molecule has 0 bridgehead atoms. The van der Waals surface area contributed by atoms with Gasteiger partial charge in [0, 0.05) is 19.1 Å². The number of carbonyl (C=O) groups excluding carboxylic acids is 1. The highest BCUT2D eigenvalue weighted by molar-refractivity contribution is 5.94. The van der Waals surface area contributed by atoms with Crippen LogP contribution in [0.1, 0.15) is 22.3 Å². The van der Waals surface area contributed by atoms with Gasteiger partial charge in [0.05, 0.1) is 12.2 Å². The largest absolute Gasteiger partial charge is 0.381 e. The van der Waals surface area contributed by atoms with E-state index in [1.807, 2.05) is 6.92 Å². The van der Waals surface area contributed by atoms with Crippen molar-refractivity contribution in [3.8, 4) is 0 Å². The smallest absolute Gasteiger partial charge is 0.254 e. The molecule has 2 rings (SSSR count). The molecule has 1 unspecified atom stereocenters. The summed E-state index contributed by atoms with van der Waals surface area (Å²) >= 11 is 0. The number of benzene rings is 1. The summed E-state index contributed by atoms with van der Waals surface area (Å²) in [7, 11) is 0. The van der Waals surface area contributed by atoms with Crippen LogP contribution in [0.5, 0.6) is 0 Å². The Kier molecular flexibility index (Phi) is 3.74. The Balaban J connectivity index is 1.96. The molecule has 0 saturated carbocycles. The number of hydrogen-bond donors (Lipinski definition) is 1. The number of rotatable bonds is 3. The van der Waals surface area contributed by atoms with Crippen LogP contribution < -0.4 is 5.32 Å². The van der Waals surface area contributed by atoms with E-state index in [2.05, 4.69) is 5.32 Å². The zero-order valence-electron chi connectivity index (χ0n) is 9.83. The van der Waals surface area contributed by atoms with Crippen molar-refractivity contribution in [2.75, 3.05) is 19.8 Å². The molecule has 1 fully saturated rings. The van der Waals surface area contributed by atoms with Gasteiger partial charge in [-0.3, -0.25) is 4.79 Å². The molecule has 1 heterocycles. The zero-order chi connectivity index (χ0) is 12.3. The third-order valence-corrected chi connectivity index (χ3v) is 2.94. The first-order chi connectivity index (χ1) is 8.16. The number of hydrogen-bond acceptors (Lipinski definition) is 2. The minimum absolute atomic E-state index is 0.115. The Morgan fingerprint density at radius 3 is 3.12 bits per heavy atom. The van der Waals surface area contributed by atoms with Crippen LogP contribution in [0.4, 0.5) is 4.39 Å². The van der Waals surface area contributed by atoms with Gasteiger partial charge in [-0.15, -0.1) is 0 Å². The molecule has 0 aromatic heterocycles. The van der Waals surface area contributed by atoms with Gasteiger partial charge in [-0.25, -0.2) is 4.39 Å². The number of ether oxygens (including phenoxy) is 1. The fourth-order valence-corrected chi connectivity index (χ4v) is 1.89. The van der Waals surface area contributed by atoms with Crippen molar-refractivity contribution >= 4 is 5.91 Å². The standard InChI is InChI=1S/C13H16FNO2/c1-9-2-3-12(14)11(6-9)13(16)15-7-10-4-5-17-8-10/h2-3,6,10H,4-5,7-8H2,1H3,(H,15,16). The van der Waals surface area contributed by atoms with E-state index in [0.29, 0.717) is 19.1 Å². The molecular formula is C13H16FNO2. The Bertz CT molecular complexity index is 414. The number of aryl methyl sites for hydroxylation is 1. The molecule has 0 spiro atoms. The molecule has 4 heteroatoms. The van der Waals surface area contributed by atoms with Crippen LogP contribution in [0, 0.1) is 18.7 Å². The molecule has 1 aliphatic heterocycles. The summed E-state index contributed by atoms with van der Waals surface area (Å²) in [6.45, 7) is 3.81. The van der Waals surface area contributed by atoms with Crippen LogP contribution in [0.25, 0.3) is 0 Å². The molecule has 1 aromatic rings. The van der Waals surface area contributed by atoms with Crippen LogP contribution in [-0.4, -0.2) is 25.7 Å². The van der Waals surface area contributed by atoms with Crippen molar-refractivity contribution in [1.29, 1.82) is 0 Å². The van der Waals surface area contributed by atoms with Gasteiger partial charge in [0.25, 0.3) is 5.91 Å². The molecule has 0 aliphatic carbocycles. The van der Waals surface area contributed by atoms with Crippen molar-refractivity contribution < 1.29 is 13.9 Å². The molecule has 1 amide bonds. The molecule has 1 saturated heterocycles. The summed E-state index contributed by atoms with van der Waals surface area (Å²) in [4.78, 5) is 11.8. The second-order valence-electron chi connectivity index (χ2n) is 4.42. The lowest BCUT2D eigenvalue weighted by atomic mass is 10.1. The average molecular weight is 237 g/mol. The van der Waals surface area contributed by atoms with Crippen LogP contribution in [0.15, 0.2) is 18.2 Å². The number of halogens is 1. The predicted octanol–water partition coefficient (Wildman–Crippen LogP) is 1.90. The van der Waals surface area contributed by atoms with Crippen LogP contribution in [0.2, 0.25) is 0 Å². The Labute approximate surface area is 100.0 Å². The minimum Gasteiger partial charge on any atom is -0.381 e. The lowest BCUT2D eigenvalue weighted by Gasteiger charge is -2.10. The maximum Gasteiger partial charge on any atom is 0.254 e. The average Bonchev–Trinajstić information content (AvgIpc) is 2.82. The highest BCUT2D eigenvalue weighted by Crippen LogP contribution is 2.12. The molecule has 92 valence electrons. The second-order valence-corrected chi connectivity index (χ2v) is 4.42. The molecule has 3 nitrogen and oxygen atoms in total. The van der Waals surface area contributed by atoms with Gasteiger partial charge < -0.3 is 10.1 Å². The van der Waals surface area contributed by atoms with Crippen LogP contribution >= 0.6 is 0 Å². The SMILES string of the molecule is Cc1ccc(F)c(C(=O)NCC2CCOC2)c1. The van der Waals surface area contributed by atoms with E-state index in [1.54, 1.807) is 12.1 Å². The first-order valence-corrected chi connectivity index (χ1v) is 5.79. The summed E-state index contributed by atoms with van der Waals surface area (Å²) < 4.78 is 18.6. The van der Waals surface area contributed by atoms with E-state index in [4.69, 9.17) is 4.74 Å². The number of carbonyl (C=O) groups is 1. The van der Waals surface area contributed by atoms with E-state index in [1.165, 1.54) is 6.07 Å². The topological polar surface area (TPSA) is 38.3 Å². The van der Waals surface area contributed by atoms with Gasteiger partial charge in [0.2, 0.25) is 0 Å². The van der Waals surface area contributed by atoms with E-state index in [-0.39, 0.29) is 11.5 Å². The Morgan fingerprint density at radius 1 is 1.59 bits per heavy atom. The van der Waals surface area contributed by atoms with E-state index >= 15 is 0 Å². The fourth-order valence-electron chi connectivity index (χ4n) is 1.89. The highest BCUT2D eigenvalue weighted by Gasteiger charge is 2.18. The molecule has 0 radical (unpaired) electrons. The fraction of sp³-hybridized carbons (Fsp3) is 0.462. The Morgan fingerprint density at radius 2 is 2.41 bits per heavy atom. The molecule has 1 N–H and O–H groups in total. The van der Waals surface area contributed by atoms with E-state index in [9.17, 15) is 9.18 Å². The van der Waals surface area contributed by atoms with Crippen LogP contribution in [-0.2, 0) is 4.74 Å². The summed E-state index contributed by atoms with van der Waals surface area (Å²) in [5.41, 5.74) is 0.990. The predicted molar refractivity (Wildman–Crippen MR) is 62.4 cm³/mol. The Hall–Kier alpha value is -1.42. The van der Waals surface area contributed by atoms with Crippen molar-refractivity contribution in [2.24, 2.45) is 5.92 Å². The van der Waals surface area contributed by atoms with Gasteiger partial charge >= 0.3 is 0 Å². The van der Waals surface area contributed by atoms with E-state index in [0.717, 1.165) is 18.6 Å². The van der Waals surface area contributed by atoms with Gasteiger partial charge in [0.15, 0.2) is 0 Å². The number of nitrogens with one attached hydrogen (secondary N) is 1. The third-order valence-electron chi connectivity index (χ3n) is 2.94. The summed E-state index contributed by atoms with van der Waals surface area (Å²) in [5, 5.41) is 2.75. The lowest BCUT2D eigenvalue weighted by Crippen LogP contribution is -2.30. The van der Waals surface area contributed by atoms with Crippen molar-refractivity contribution in [2.45, 2.75) is 13.3 Å². The first kappa shape index (κ1) is 12.0.